The number of hydrogen-bond acceptors (Lipinski definition) is 3. The number of carbonyl (C=O) groups is 1. The molecule has 176 valence electrons. The highest BCUT2D eigenvalue weighted by atomic mass is 19.1. The number of nitrogens with zero attached hydrogens (tertiary/aromatic N) is 4. The topological polar surface area (TPSA) is 41.4 Å². The third-order valence-corrected chi connectivity index (χ3v) is 8.18. The first-order valence-corrected chi connectivity index (χ1v) is 12.6. The Kier molecular flexibility index (Phi) is 5.29. The van der Waals surface area contributed by atoms with Gasteiger partial charge >= 0.3 is 0 Å². The summed E-state index contributed by atoms with van der Waals surface area (Å²) >= 11 is 0. The summed E-state index contributed by atoms with van der Waals surface area (Å²) < 4.78 is 17.1. The van der Waals surface area contributed by atoms with Crippen molar-refractivity contribution in [2.75, 3.05) is 18.0 Å². The molecule has 3 aromatic rings. The fraction of sp³-hybridized carbons (Fsp3) is 0.429. The quantitative estimate of drug-likeness (QED) is 0.532. The Hall–Kier alpha value is -2.99. The Labute approximate surface area is 200 Å². The van der Waals surface area contributed by atoms with Crippen LogP contribution < -0.4 is 4.90 Å². The first-order valence-electron chi connectivity index (χ1n) is 12.6. The van der Waals surface area contributed by atoms with Crippen LogP contribution in [0.5, 0.6) is 0 Å². The minimum absolute atomic E-state index is 0.127. The van der Waals surface area contributed by atoms with Crippen LogP contribution in [0.15, 0.2) is 54.9 Å². The van der Waals surface area contributed by atoms with Crippen LogP contribution in [-0.2, 0) is 23.3 Å². The first kappa shape index (κ1) is 21.5. The van der Waals surface area contributed by atoms with Crippen LogP contribution in [0.3, 0.4) is 0 Å². The van der Waals surface area contributed by atoms with Crippen molar-refractivity contribution in [1.29, 1.82) is 0 Å². The number of aryl methyl sites for hydroxylation is 1. The van der Waals surface area contributed by atoms with Crippen molar-refractivity contribution in [3.05, 3.63) is 71.8 Å². The van der Waals surface area contributed by atoms with Gasteiger partial charge < -0.3 is 4.90 Å². The number of halogens is 1. The van der Waals surface area contributed by atoms with E-state index in [0.717, 1.165) is 48.4 Å². The molecule has 1 atom stereocenters. The van der Waals surface area contributed by atoms with E-state index in [2.05, 4.69) is 16.1 Å². The maximum absolute atomic E-state index is 15.2. The molecule has 1 saturated carbocycles. The van der Waals surface area contributed by atoms with E-state index >= 15 is 4.39 Å². The molecule has 1 spiro atoms. The molecule has 3 aliphatic rings. The molecule has 0 N–H and O–H groups in total. The van der Waals surface area contributed by atoms with E-state index in [0.29, 0.717) is 11.6 Å². The number of hydrogen-bond donors (Lipinski definition) is 0. The molecule has 6 heteroatoms. The Bertz CT molecular complexity index is 1230. The van der Waals surface area contributed by atoms with E-state index in [-0.39, 0.29) is 18.3 Å². The van der Waals surface area contributed by atoms with Gasteiger partial charge in [0.15, 0.2) is 0 Å². The number of rotatable bonds is 5. The lowest BCUT2D eigenvalue weighted by Gasteiger charge is -2.27. The number of carbonyl (C=O) groups excluding carboxylic acids is 1. The molecule has 1 amide bonds. The fourth-order valence-corrected chi connectivity index (χ4v) is 6.28. The highest BCUT2D eigenvalue weighted by Crippen LogP contribution is 2.49. The standard InChI is InChI=1S/C28H31FN4O/c1-2-32-17-22(16-30-32)20-11-12-21(25(29)15-20)18-33-26-10-6-5-9-24(26)28(27(33)34)13-14-31(19-28)23-7-3-4-8-23/h5-6,9-12,15-17,23H,2-4,7-8,13-14,18-19H2,1H3. The second-order valence-electron chi connectivity index (χ2n) is 10.0. The summed E-state index contributed by atoms with van der Waals surface area (Å²) in [5, 5.41) is 4.29. The zero-order valence-electron chi connectivity index (χ0n) is 19.7. The smallest absolute Gasteiger partial charge is 0.239 e. The van der Waals surface area contributed by atoms with E-state index in [9.17, 15) is 4.79 Å². The number of amides is 1. The van der Waals surface area contributed by atoms with E-state index in [1.807, 2.05) is 53.0 Å². The normalized spacial score (nSPS) is 22.9. The second kappa shape index (κ2) is 8.35. The van der Waals surface area contributed by atoms with Gasteiger partial charge in [-0.25, -0.2) is 4.39 Å². The molecule has 3 heterocycles. The monoisotopic (exact) mass is 458 g/mol. The van der Waals surface area contributed by atoms with Gasteiger partial charge in [0.05, 0.1) is 18.2 Å². The van der Waals surface area contributed by atoms with Crippen molar-refractivity contribution in [3.63, 3.8) is 0 Å². The number of aromatic nitrogens is 2. The van der Waals surface area contributed by atoms with Crippen LogP contribution in [0.1, 0.15) is 50.2 Å². The van der Waals surface area contributed by atoms with Gasteiger partial charge in [0.25, 0.3) is 0 Å². The fourth-order valence-electron chi connectivity index (χ4n) is 6.28. The van der Waals surface area contributed by atoms with Crippen molar-refractivity contribution >= 4 is 11.6 Å². The predicted octanol–water partition coefficient (Wildman–Crippen LogP) is 5.14. The Balaban J connectivity index is 1.28. The molecule has 1 unspecified atom stereocenters. The molecule has 1 saturated heterocycles. The minimum atomic E-state index is -0.496. The number of likely N-dealkylation sites (tertiary alicyclic amines) is 1. The highest BCUT2D eigenvalue weighted by molar-refractivity contribution is 6.08. The summed E-state index contributed by atoms with van der Waals surface area (Å²) in [6, 6.07) is 14.0. The molecule has 1 aliphatic carbocycles. The molecule has 6 rings (SSSR count). The molecule has 34 heavy (non-hydrogen) atoms. The number of fused-ring (bicyclic) bond motifs is 2. The van der Waals surface area contributed by atoms with Crippen molar-refractivity contribution in [1.82, 2.24) is 14.7 Å². The maximum Gasteiger partial charge on any atom is 0.239 e. The Morgan fingerprint density at radius 3 is 2.71 bits per heavy atom. The van der Waals surface area contributed by atoms with E-state index in [4.69, 9.17) is 0 Å². The van der Waals surface area contributed by atoms with Crippen LogP contribution in [0, 0.1) is 5.82 Å². The number of benzene rings is 2. The lowest BCUT2D eigenvalue weighted by Crippen LogP contribution is -2.43. The van der Waals surface area contributed by atoms with E-state index in [1.54, 1.807) is 12.3 Å². The molecule has 5 nitrogen and oxygen atoms in total. The molecule has 2 aliphatic heterocycles. The lowest BCUT2D eigenvalue weighted by molar-refractivity contribution is -0.123. The molecule has 2 aromatic carbocycles. The van der Waals surface area contributed by atoms with Crippen molar-refractivity contribution in [3.8, 4) is 11.1 Å². The Morgan fingerprint density at radius 1 is 1.12 bits per heavy atom. The van der Waals surface area contributed by atoms with Crippen molar-refractivity contribution in [2.45, 2.75) is 63.6 Å². The summed E-state index contributed by atoms with van der Waals surface area (Å²) in [7, 11) is 0. The third kappa shape index (κ3) is 3.38. The molecular weight excluding hydrogens is 427 g/mol. The summed E-state index contributed by atoms with van der Waals surface area (Å²) in [6.07, 6.45) is 9.60. The van der Waals surface area contributed by atoms with Gasteiger partial charge in [0.1, 0.15) is 5.82 Å². The van der Waals surface area contributed by atoms with Gasteiger partial charge in [-0.15, -0.1) is 0 Å². The Morgan fingerprint density at radius 2 is 1.94 bits per heavy atom. The molecule has 0 radical (unpaired) electrons. The molecule has 0 bridgehead atoms. The number of anilines is 1. The highest BCUT2D eigenvalue weighted by Gasteiger charge is 2.55. The van der Waals surface area contributed by atoms with Gasteiger partial charge in [-0.3, -0.25) is 14.4 Å². The van der Waals surface area contributed by atoms with Crippen molar-refractivity contribution in [2.24, 2.45) is 0 Å². The van der Waals surface area contributed by atoms with Gasteiger partial charge in [0, 0.05) is 42.1 Å². The van der Waals surface area contributed by atoms with E-state index < -0.39 is 5.41 Å². The zero-order valence-corrected chi connectivity index (χ0v) is 19.7. The molecular formula is C28H31FN4O. The number of para-hydroxylation sites is 1. The van der Waals surface area contributed by atoms with Gasteiger partial charge in [0.2, 0.25) is 5.91 Å². The average molecular weight is 459 g/mol. The van der Waals surface area contributed by atoms with Crippen LogP contribution in [0.2, 0.25) is 0 Å². The summed E-state index contributed by atoms with van der Waals surface area (Å²) in [5.74, 6) is -0.158. The van der Waals surface area contributed by atoms with Gasteiger partial charge in [-0.05, 0) is 56.0 Å². The average Bonchev–Trinajstić information content (AvgIpc) is 3.65. The largest absolute Gasteiger partial charge is 0.307 e. The van der Waals surface area contributed by atoms with Crippen LogP contribution in [-0.4, -0.2) is 39.7 Å². The van der Waals surface area contributed by atoms with E-state index in [1.165, 1.54) is 25.7 Å². The van der Waals surface area contributed by atoms with Crippen molar-refractivity contribution < 1.29 is 9.18 Å². The summed E-state index contributed by atoms with van der Waals surface area (Å²) in [6.45, 7) is 4.80. The van der Waals surface area contributed by atoms with Crippen LogP contribution >= 0.6 is 0 Å². The second-order valence-corrected chi connectivity index (χ2v) is 10.0. The van der Waals surface area contributed by atoms with Crippen LogP contribution in [0.25, 0.3) is 11.1 Å². The maximum atomic E-state index is 15.2. The first-order chi connectivity index (χ1) is 16.6. The zero-order chi connectivity index (χ0) is 23.3. The summed E-state index contributed by atoms with van der Waals surface area (Å²) in [5.41, 5.74) is 3.79. The molecule has 2 fully saturated rings. The molecule has 1 aromatic heterocycles. The van der Waals surface area contributed by atoms with Gasteiger partial charge in [-0.1, -0.05) is 43.2 Å². The van der Waals surface area contributed by atoms with Crippen LogP contribution in [0.4, 0.5) is 10.1 Å². The SMILES string of the molecule is CCn1cc(-c2ccc(CN3C(=O)C4(CCN(C5CCCC5)C4)c4ccccc43)c(F)c2)cn1. The predicted molar refractivity (Wildman–Crippen MR) is 131 cm³/mol. The van der Waals surface area contributed by atoms with Gasteiger partial charge in [-0.2, -0.15) is 5.10 Å². The minimum Gasteiger partial charge on any atom is -0.307 e. The lowest BCUT2D eigenvalue weighted by atomic mass is 9.81. The summed E-state index contributed by atoms with van der Waals surface area (Å²) in [4.78, 5) is 18.3. The third-order valence-electron chi connectivity index (χ3n) is 8.18.